The third kappa shape index (κ3) is 10.3. The third-order valence-corrected chi connectivity index (χ3v) is 19.8. The minimum absolute atomic E-state index is 0.146. The molecule has 0 aliphatic carbocycles. The summed E-state index contributed by atoms with van der Waals surface area (Å²) in [4.78, 5) is 13.4. The first-order valence-electron chi connectivity index (χ1n) is 19.7. The van der Waals surface area contributed by atoms with Gasteiger partial charge in [-0.25, -0.2) is 4.79 Å². The van der Waals surface area contributed by atoms with Crippen LogP contribution in [0, 0.1) is 0 Å². The monoisotopic (exact) mass is 751 g/mol. The summed E-state index contributed by atoms with van der Waals surface area (Å²) in [6.45, 7) is 16.4. The van der Waals surface area contributed by atoms with E-state index in [1.54, 1.807) is 6.92 Å². The molecule has 0 bridgehead atoms. The van der Waals surface area contributed by atoms with Crippen LogP contribution in [0.5, 0.6) is 0 Å². The number of piperidine rings is 1. The molecular weight excluding hydrogens is 686 g/mol. The number of benzene rings is 4. The highest BCUT2D eigenvalue weighted by Crippen LogP contribution is 2.61. The van der Waals surface area contributed by atoms with E-state index in [1.165, 1.54) is 49.0 Å². The lowest BCUT2D eigenvalue weighted by Crippen LogP contribution is -2.65. The maximum Gasteiger partial charge on any atom is 0.376 e. The van der Waals surface area contributed by atoms with E-state index in [0.717, 1.165) is 40.3 Å². The fourth-order valence-corrected chi connectivity index (χ4v) is 17.0. The first-order chi connectivity index (χ1) is 25.2. The van der Waals surface area contributed by atoms with Crippen LogP contribution in [0.2, 0.25) is 0 Å². The molecule has 1 saturated heterocycles. The summed E-state index contributed by atoms with van der Waals surface area (Å²) in [5, 5.41) is 9.11. The molecular formula is C47H65N2O2P2+3. The molecule has 5 rings (SSSR count). The van der Waals surface area contributed by atoms with Crippen molar-refractivity contribution in [3.63, 3.8) is 0 Å². The molecule has 1 aliphatic heterocycles. The first-order valence-corrected chi connectivity index (χ1v) is 23.7. The van der Waals surface area contributed by atoms with Crippen LogP contribution in [0.1, 0.15) is 73.1 Å². The lowest BCUT2D eigenvalue weighted by atomic mass is 9.78. The third-order valence-electron chi connectivity index (χ3n) is 11.4. The zero-order valence-electron chi connectivity index (χ0n) is 33.6. The number of carbonyl (C=O) groups is 1. The van der Waals surface area contributed by atoms with E-state index in [4.69, 9.17) is 4.52 Å². The smallest absolute Gasteiger partial charge is 0.326 e. The Morgan fingerprint density at radius 3 is 1.45 bits per heavy atom. The van der Waals surface area contributed by atoms with E-state index in [-0.39, 0.29) is 17.0 Å². The standard InChI is InChI=1S/C47H65N2O2P2/c1-39(2)45(50)51-53(43-29-17-11-18-30-43,44-31-19-12-20-32-44)36-24-23-35-52(41-25-13-9-14-26-41,42-27-15-10-16-28-42)34-22-21-33-49(7,8)40-37-46(3,4)48-47(5,6)38-40/h9-20,25-32,40,48H,1,21-24,33-38H2,2-8H3/q+3. The van der Waals surface area contributed by atoms with Crippen LogP contribution in [0.25, 0.3) is 0 Å². The molecule has 0 unspecified atom stereocenters. The van der Waals surface area contributed by atoms with E-state index in [0.29, 0.717) is 11.6 Å². The van der Waals surface area contributed by atoms with Crippen molar-refractivity contribution >= 4 is 41.9 Å². The van der Waals surface area contributed by atoms with Crippen molar-refractivity contribution in [1.82, 2.24) is 5.32 Å². The number of carbonyl (C=O) groups excluding carboxylic acids is 1. The Morgan fingerprint density at radius 1 is 0.660 bits per heavy atom. The zero-order valence-corrected chi connectivity index (χ0v) is 35.3. The molecule has 0 amide bonds. The van der Waals surface area contributed by atoms with E-state index in [9.17, 15) is 4.79 Å². The Hall–Kier alpha value is -3.13. The number of hydrogen-bond donors (Lipinski definition) is 1. The molecule has 1 aliphatic rings. The Bertz CT molecular complexity index is 1660. The van der Waals surface area contributed by atoms with Crippen molar-refractivity contribution in [2.45, 2.75) is 90.3 Å². The lowest BCUT2D eigenvalue weighted by molar-refractivity contribution is -0.917. The number of hydrogen-bond acceptors (Lipinski definition) is 3. The largest absolute Gasteiger partial charge is 0.376 e. The van der Waals surface area contributed by atoms with Crippen LogP contribution < -0.4 is 26.5 Å². The van der Waals surface area contributed by atoms with Crippen molar-refractivity contribution in [3.05, 3.63) is 133 Å². The zero-order chi connectivity index (χ0) is 38.2. The van der Waals surface area contributed by atoms with E-state index in [2.05, 4.69) is 163 Å². The normalized spacial score (nSPS) is 16.2. The highest BCUT2D eigenvalue weighted by atomic mass is 31.2. The molecule has 0 radical (unpaired) electrons. The van der Waals surface area contributed by atoms with E-state index in [1.807, 2.05) is 12.1 Å². The predicted octanol–water partition coefficient (Wildman–Crippen LogP) is 9.30. The van der Waals surface area contributed by atoms with Gasteiger partial charge in [-0.1, -0.05) is 79.4 Å². The highest BCUT2D eigenvalue weighted by molar-refractivity contribution is 7.89. The first kappa shape index (κ1) is 41.0. The lowest BCUT2D eigenvalue weighted by Gasteiger charge is -2.51. The van der Waals surface area contributed by atoms with E-state index >= 15 is 0 Å². The van der Waals surface area contributed by atoms with Gasteiger partial charge in [0.05, 0.1) is 56.9 Å². The fourth-order valence-electron chi connectivity index (χ4n) is 8.88. The minimum Gasteiger partial charge on any atom is -0.326 e. The van der Waals surface area contributed by atoms with Gasteiger partial charge in [-0.3, -0.25) is 4.52 Å². The number of nitrogens with one attached hydrogen (secondary N) is 1. The molecule has 0 spiro atoms. The SMILES string of the molecule is C=C(C)C(=O)O[P+](CCCC[P+](CCCC[N+](C)(C)C1CC(C)(C)NC(C)(C)C1)(c1ccccc1)c1ccccc1)(c1ccccc1)c1ccccc1. The van der Waals surface area contributed by atoms with Gasteiger partial charge in [0.15, 0.2) is 0 Å². The minimum atomic E-state index is -2.52. The summed E-state index contributed by atoms with van der Waals surface area (Å²) < 4.78 is 7.71. The van der Waals surface area contributed by atoms with Crippen LogP contribution >= 0.6 is 14.8 Å². The molecule has 1 fully saturated rings. The van der Waals surface area contributed by atoms with Gasteiger partial charge in [-0.05, 0) is 102 Å². The van der Waals surface area contributed by atoms with Gasteiger partial charge in [0.25, 0.3) is 7.49 Å². The molecule has 53 heavy (non-hydrogen) atoms. The molecule has 1 N–H and O–H groups in total. The van der Waals surface area contributed by atoms with Crippen LogP contribution in [0.3, 0.4) is 0 Å². The molecule has 282 valence electrons. The topological polar surface area (TPSA) is 38.3 Å². The molecule has 4 nitrogen and oxygen atoms in total. The maximum absolute atomic E-state index is 13.4. The Labute approximate surface area is 322 Å². The Morgan fingerprint density at radius 2 is 1.04 bits per heavy atom. The van der Waals surface area contributed by atoms with E-state index < -0.39 is 14.8 Å². The Kier molecular flexibility index (Phi) is 13.6. The van der Waals surface area contributed by atoms with Crippen LogP contribution in [-0.2, 0) is 9.32 Å². The molecule has 0 aromatic heterocycles. The summed E-state index contributed by atoms with van der Waals surface area (Å²) in [7, 11) is 0.663. The van der Waals surface area contributed by atoms with Gasteiger partial charge < -0.3 is 9.80 Å². The second kappa shape index (κ2) is 17.6. The van der Waals surface area contributed by atoms with Crippen molar-refractivity contribution in [1.29, 1.82) is 0 Å². The average molecular weight is 752 g/mol. The molecule has 1 heterocycles. The predicted molar refractivity (Wildman–Crippen MR) is 233 cm³/mol. The number of rotatable bonds is 17. The van der Waals surface area contributed by atoms with Gasteiger partial charge in [0.1, 0.15) is 16.8 Å². The second-order valence-electron chi connectivity index (χ2n) is 17.3. The Balaban J connectivity index is 1.40. The van der Waals surface area contributed by atoms with Gasteiger partial charge in [-0.2, -0.15) is 0 Å². The van der Waals surface area contributed by atoms with Crippen LogP contribution in [0.4, 0.5) is 0 Å². The summed E-state index contributed by atoms with van der Waals surface area (Å²) in [6, 6.07) is 44.3. The molecule has 0 saturated carbocycles. The van der Waals surface area contributed by atoms with Crippen LogP contribution in [-0.4, -0.2) is 66.7 Å². The van der Waals surface area contributed by atoms with Crippen LogP contribution in [0.15, 0.2) is 133 Å². The number of unbranched alkanes of at least 4 members (excludes halogenated alkanes) is 2. The second-order valence-corrected chi connectivity index (χ2v) is 24.3. The molecule has 0 atom stereocenters. The molecule has 4 aromatic carbocycles. The van der Waals surface area contributed by atoms with Crippen molar-refractivity contribution < 1.29 is 13.8 Å². The average Bonchev–Trinajstić information content (AvgIpc) is 3.14. The maximum atomic E-state index is 13.4. The van der Waals surface area contributed by atoms with Gasteiger partial charge in [0, 0.05) is 35.9 Å². The van der Waals surface area contributed by atoms with Gasteiger partial charge in [0.2, 0.25) is 0 Å². The summed E-state index contributed by atoms with van der Waals surface area (Å²) in [5.74, 6) is -0.306. The number of quaternary nitrogens is 1. The highest BCUT2D eigenvalue weighted by Gasteiger charge is 2.49. The van der Waals surface area contributed by atoms with Gasteiger partial charge >= 0.3 is 5.97 Å². The summed E-state index contributed by atoms with van der Waals surface area (Å²) >= 11 is 0. The summed E-state index contributed by atoms with van der Waals surface area (Å²) in [5.41, 5.74) is 0.730. The quantitative estimate of drug-likeness (QED) is 0.0506. The molecule has 4 aromatic rings. The van der Waals surface area contributed by atoms with Crippen molar-refractivity contribution in [2.75, 3.05) is 39.1 Å². The van der Waals surface area contributed by atoms with Gasteiger partial charge in [-0.15, -0.1) is 0 Å². The van der Waals surface area contributed by atoms with Crippen molar-refractivity contribution in [2.24, 2.45) is 0 Å². The molecule has 6 heteroatoms. The van der Waals surface area contributed by atoms with Crippen molar-refractivity contribution in [3.8, 4) is 0 Å². The fraction of sp³-hybridized carbons (Fsp3) is 0.426. The number of nitrogens with zero attached hydrogens (tertiary/aromatic N) is 1. The summed E-state index contributed by atoms with van der Waals surface area (Å²) in [6.07, 6.45) is 9.99.